The Morgan fingerprint density at radius 1 is 0.756 bits per heavy atom. The molecule has 240 valence electrons. The van der Waals surface area contributed by atoms with Crippen LogP contribution in [0.5, 0.6) is 11.5 Å². The lowest BCUT2D eigenvalue weighted by atomic mass is 9.94. The molecule has 1 saturated heterocycles. The van der Waals surface area contributed by atoms with Crippen molar-refractivity contribution in [2.45, 2.75) is 77.8 Å². The third-order valence-electron chi connectivity index (χ3n) is 6.68. The molecule has 14 nitrogen and oxygen atoms in total. The molecule has 2 aromatic carbocycles. The molecule has 4 rings (SSSR count). The second kappa shape index (κ2) is 14.2. The van der Waals surface area contributed by atoms with Crippen LogP contribution in [0.1, 0.15) is 62.2 Å². The molecule has 0 unspecified atom stereocenters. The number of rotatable bonds is 9. The molecule has 0 amide bonds. The number of benzene rings is 2. The van der Waals surface area contributed by atoms with E-state index < -0.39 is 79.2 Å². The van der Waals surface area contributed by atoms with E-state index in [2.05, 4.69) is 0 Å². The molecule has 0 aromatic heterocycles. The molecule has 1 fully saturated rings. The average molecular weight is 629 g/mol. The number of ether oxygens (including phenoxy) is 8. The molecule has 0 N–H and O–H groups in total. The van der Waals surface area contributed by atoms with E-state index in [1.54, 1.807) is 36.4 Å². The Balaban J connectivity index is 1.66. The third kappa shape index (κ3) is 8.35. The Morgan fingerprint density at radius 2 is 1.38 bits per heavy atom. The van der Waals surface area contributed by atoms with E-state index in [0.29, 0.717) is 16.9 Å². The van der Waals surface area contributed by atoms with Gasteiger partial charge in [-0.1, -0.05) is 24.3 Å². The molecular formula is C31H32O14. The Hall–Kier alpha value is -4.98. The monoisotopic (exact) mass is 628 g/mol. The van der Waals surface area contributed by atoms with Gasteiger partial charge in [-0.2, -0.15) is 0 Å². The first kappa shape index (κ1) is 32.9. The minimum absolute atomic E-state index is 0.00190. The molecule has 2 aromatic rings. The quantitative estimate of drug-likeness (QED) is 0.225. The van der Waals surface area contributed by atoms with Crippen molar-refractivity contribution in [2.75, 3.05) is 6.61 Å². The fourth-order valence-electron chi connectivity index (χ4n) is 5.02. The molecule has 2 aliphatic heterocycles. The largest absolute Gasteiger partial charge is 0.463 e. The molecule has 0 radical (unpaired) electrons. The summed E-state index contributed by atoms with van der Waals surface area (Å²) in [7, 11) is 0. The smallest absolute Gasteiger partial charge is 0.342 e. The maximum atomic E-state index is 13.3. The lowest BCUT2D eigenvalue weighted by Crippen LogP contribution is -2.63. The van der Waals surface area contributed by atoms with Crippen molar-refractivity contribution in [1.82, 2.24) is 0 Å². The Labute approximate surface area is 257 Å². The van der Waals surface area contributed by atoms with Crippen LogP contribution in [0.3, 0.4) is 0 Å². The summed E-state index contributed by atoms with van der Waals surface area (Å²) >= 11 is 0. The summed E-state index contributed by atoms with van der Waals surface area (Å²) in [6.45, 7) is 5.33. The standard InChI is InChI=1S/C31H32O14/c1-15(32)38-14-25-27(40-17(3)34)28(41-18(4)35)29(42-19(5)36)31(45-25)44-23-8-6-7-21-13-24(43-30(37)26(21)23)20-9-11-22(12-10-20)39-16(2)33/h6-12,24-25,27-29,31H,13-14H2,1-5H3/t24-,25-,27-,28+,29-,31-/m1/s1. The molecule has 0 bridgehead atoms. The topological polar surface area (TPSA) is 176 Å². The number of hydrogen-bond donors (Lipinski definition) is 0. The van der Waals surface area contributed by atoms with Crippen LogP contribution in [0.15, 0.2) is 42.5 Å². The molecule has 0 aliphatic carbocycles. The van der Waals surface area contributed by atoms with Crippen LogP contribution in [0.4, 0.5) is 0 Å². The van der Waals surface area contributed by atoms with Crippen LogP contribution in [-0.4, -0.2) is 73.1 Å². The van der Waals surface area contributed by atoms with Gasteiger partial charge < -0.3 is 37.9 Å². The van der Waals surface area contributed by atoms with E-state index in [1.165, 1.54) is 13.0 Å². The highest BCUT2D eigenvalue weighted by Crippen LogP contribution is 2.38. The lowest BCUT2D eigenvalue weighted by molar-refractivity contribution is -0.288. The minimum Gasteiger partial charge on any atom is -0.463 e. The predicted molar refractivity (Wildman–Crippen MR) is 149 cm³/mol. The van der Waals surface area contributed by atoms with Gasteiger partial charge in [0.25, 0.3) is 0 Å². The van der Waals surface area contributed by atoms with Gasteiger partial charge in [-0.25, -0.2) is 4.79 Å². The first-order valence-electron chi connectivity index (χ1n) is 13.9. The maximum Gasteiger partial charge on any atom is 0.342 e. The van der Waals surface area contributed by atoms with Crippen molar-refractivity contribution < 1.29 is 66.7 Å². The van der Waals surface area contributed by atoms with E-state index in [9.17, 15) is 28.8 Å². The Bertz CT molecular complexity index is 1470. The summed E-state index contributed by atoms with van der Waals surface area (Å²) in [5.74, 6) is -3.88. The van der Waals surface area contributed by atoms with Crippen molar-refractivity contribution in [3.63, 3.8) is 0 Å². The number of hydrogen-bond acceptors (Lipinski definition) is 14. The van der Waals surface area contributed by atoms with Gasteiger partial charge >= 0.3 is 35.8 Å². The van der Waals surface area contributed by atoms with Crippen molar-refractivity contribution in [1.29, 1.82) is 0 Å². The van der Waals surface area contributed by atoms with E-state index >= 15 is 0 Å². The van der Waals surface area contributed by atoms with E-state index in [4.69, 9.17) is 37.9 Å². The van der Waals surface area contributed by atoms with Gasteiger partial charge in [0.2, 0.25) is 12.4 Å². The SMILES string of the molecule is CC(=O)OC[C@H]1O[C@@H](Oc2cccc3c2C(=O)O[C@@H](c2ccc(OC(C)=O)cc2)C3)[C@H](OC(C)=O)[C@@H](OC(C)=O)[C@@H]1OC(C)=O. The van der Waals surface area contributed by atoms with Gasteiger partial charge in [-0.05, 0) is 29.3 Å². The summed E-state index contributed by atoms with van der Waals surface area (Å²) in [6.07, 6.45) is -7.44. The molecule has 2 aliphatic rings. The average Bonchev–Trinajstić information content (AvgIpc) is 2.94. The fourth-order valence-corrected chi connectivity index (χ4v) is 5.02. The maximum absolute atomic E-state index is 13.3. The number of fused-ring (bicyclic) bond motifs is 1. The summed E-state index contributed by atoms with van der Waals surface area (Å²) in [4.78, 5) is 72.4. The first-order valence-corrected chi connectivity index (χ1v) is 13.9. The zero-order valence-electron chi connectivity index (χ0n) is 25.1. The van der Waals surface area contributed by atoms with Gasteiger partial charge in [-0.3, -0.25) is 24.0 Å². The van der Waals surface area contributed by atoms with Gasteiger partial charge in [0.1, 0.15) is 35.9 Å². The first-order chi connectivity index (χ1) is 21.3. The predicted octanol–water partition coefficient (Wildman–Crippen LogP) is 2.53. The Morgan fingerprint density at radius 3 is 1.98 bits per heavy atom. The van der Waals surface area contributed by atoms with E-state index in [0.717, 1.165) is 27.7 Å². The molecule has 0 saturated carbocycles. The van der Waals surface area contributed by atoms with E-state index in [1.807, 2.05) is 0 Å². The lowest BCUT2D eigenvalue weighted by Gasteiger charge is -2.44. The van der Waals surface area contributed by atoms with Crippen molar-refractivity contribution in [3.8, 4) is 11.5 Å². The van der Waals surface area contributed by atoms with Crippen LogP contribution in [0.25, 0.3) is 0 Å². The molecule has 45 heavy (non-hydrogen) atoms. The molecular weight excluding hydrogens is 596 g/mol. The van der Waals surface area contributed by atoms with Gasteiger partial charge in [-0.15, -0.1) is 0 Å². The summed E-state index contributed by atoms with van der Waals surface area (Å²) in [6, 6.07) is 11.4. The van der Waals surface area contributed by atoms with Crippen LogP contribution in [-0.2, 0) is 58.8 Å². The molecule has 0 spiro atoms. The highest BCUT2D eigenvalue weighted by molar-refractivity contribution is 5.95. The molecule has 6 atom stereocenters. The summed E-state index contributed by atoms with van der Waals surface area (Å²) in [5, 5.41) is 0. The van der Waals surface area contributed by atoms with Crippen molar-refractivity contribution >= 4 is 35.8 Å². The second-order valence-corrected chi connectivity index (χ2v) is 10.2. The van der Waals surface area contributed by atoms with Crippen LogP contribution < -0.4 is 9.47 Å². The minimum atomic E-state index is -1.53. The molecule has 2 heterocycles. The number of esters is 6. The number of carbonyl (C=O) groups excluding carboxylic acids is 6. The van der Waals surface area contributed by atoms with Gasteiger partial charge in [0.15, 0.2) is 12.2 Å². The third-order valence-corrected chi connectivity index (χ3v) is 6.68. The second-order valence-electron chi connectivity index (χ2n) is 10.2. The zero-order valence-corrected chi connectivity index (χ0v) is 25.1. The van der Waals surface area contributed by atoms with E-state index in [-0.39, 0.29) is 17.7 Å². The number of cyclic esters (lactones) is 1. The summed E-state index contributed by atoms with van der Waals surface area (Å²) in [5.41, 5.74) is 1.32. The van der Waals surface area contributed by atoms with Crippen molar-refractivity contribution in [2.24, 2.45) is 0 Å². The van der Waals surface area contributed by atoms with Gasteiger partial charge in [0.05, 0.1) is 0 Å². The normalized spacial score (nSPS) is 23.8. The highest BCUT2D eigenvalue weighted by atomic mass is 16.7. The van der Waals surface area contributed by atoms with Crippen LogP contribution >= 0.6 is 0 Å². The van der Waals surface area contributed by atoms with Gasteiger partial charge in [0, 0.05) is 41.0 Å². The molecule has 14 heteroatoms. The van der Waals surface area contributed by atoms with Crippen LogP contribution in [0.2, 0.25) is 0 Å². The highest BCUT2D eigenvalue weighted by Gasteiger charge is 2.53. The summed E-state index contributed by atoms with van der Waals surface area (Å²) < 4.78 is 44.2. The van der Waals surface area contributed by atoms with Crippen LogP contribution in [0, 0.1) is 0 Å². The zero-order chi connectivity index (χ0) is 32.8. The Kier molecular flexibility index (Phi) is 10.4. The fraction of sp³-hybridized carbons (Fsp3) is 0.419. The van der Waals surface area contributed by atoms with Crippen molar-refractivity contribution in [3.05, 3.63) is 59.2 Å². The number of carbonyl (C=O) groups is 6.